The molecule has 0 rings (SSSR count). The van der Waals surface area contributed by atoms with Crippen LogP contribution in [0.1, 0.15) is 0 Å². The summed E-state index contributed by atoms with van der Waals surface area (Å²) >= 11 is 0. The summed E-state index contributed by atoms with van der Waals surface area (Å²) in [6, 6.07) is 0. The fourth-order valence-corrected chi connectivity index (χ4v) is 1.48. The van der Waals surface area contributed by atoms with Crippen molar-refractivity contribution in [1.82, 2.24) is 22.1 Å². The molecule has 0 radical (unpaired) electrons. The van der Waals surface area contributed by atoms with E-state index in [0.29, 0.717) is 0 Å². The molecule has 0 aromatic heterocycles. The van der Waals surface area contributed by atoms with Gasteiger partial charge in [-0.25, -0.2) is 0 Å². The average Bonchev–Trinajstić information content (AvgIpc) is 2.22. The third kappa shape index (κ3) is 18.2. The van der Waals surface area contributed by atoms with Crippen LogP contribution in [0.25, 0.3) is 0 Å². The van der Waals surface area contributed by atoms with Crippen LogP contribution in [0.2, 0.25) is 0 Å². The van der Waals surface area contributed by atoms with E-state index in [2.05, 4.69) is 0 Å². The smallest absolute Gasteiger partial charge is 0.317 e. The SMILES string of the molecule is N.N.O=C(O)CN(CCN(CC(=O)O)CC(=O)O)CC(=O)O.[Fe]. The molecular weight excluding hydrogens is 360 g/mol. The minimum absolute atomic E-state index is 0. The monoisotopic (exact) mass is 382 g/mol. The predicted octanol–water partition coefficient (Wildman–Crippen LogP) is -1.75. The number of hydrogen-bond acceptors (Lipinski definition) is 8. The van der Waals surface area contributed by atoms with Crippen LogP contribution in [0.4, 0.5) is 0 Å². The van der Waals surface area contributed by atoms with Crippen molar-refractivity contribution in [3.8, 4) is 0 Å². The van der Waals surface area contributed by atoms with Gasteiger partial charge in [0.25, 0.3) is 0 Å². The van der Waals surface area contributed by atoms with Gasteiger partial charge in [0.15, 0.2) is 0 Å². The Morgan fingerprint density at radius 1 is 0.565 bits per heavy atom. The van der Waals surface area contributed by atoms with Crippen LogP contribution >= 0.6 is 0 Å². The largest absolute Gasteiger partial charge is 0.480 e. The first-order valence-corrected chi connectivity index (χ1v) is 5.52. The van der Waals surface area contributed by atoms with Crippen LogP contribution in [0.5, 0.6) is 0 Å². The molecule has 0 bridgehead atoms. The summed E-state index contributed by atoms with van der Waals surface area (Å²) in [6.45, 7) is -2.25. The maximum atomic E-state index is 10.6. The number of nitrogens with zero attached hydrogens (tertiary/aromatic N) is 2. The standard InChI is InChI=1S/C10H16N2O8.Fe.2H3N/c13-7(14)3-11(4-8(15)16)1-2-12(5-9(17)18)6-10(19)20;;;/h1-6H2,(H,13,14)(H,15,16)(H,17,18)(H,19,20);;2*1H3. The fraction of sp³-hybridized carbons (Fsp3) is 0.600. The Kier molecular flexibility index (Phi) is 19.3. The number of aliphatic carboxylic acids is 4. The van der Waals surface area contributed by atoms with Crippen LogP contribution in [0.15, 0.2) is 0 Å². The fourth-order valence-electron chi connectivity index (χ4n) is 1.48. The van der Waals surface area contributed by atoms with Gasteiger partial charge in [-0.15, -0.1) is 0 Å². The maximum absolute atomic E-state index is 10.6. The third-order valence-corrected chi connectivity index (χ3v) is 2.17. The Hall–Kier alpha value is -1.76. The number of carboxylic acids is 4. The van der Waals surface area contributed by atoms with Crippen molar-refractivity contribution in [3.05, 3.63) is 0 Å². The van der Waals surface area contributed by atoms with Gasteiger partial charge in [-0.05, 0) is 0 Å². The van der Waals surface area contributed by atoms with Crippen LogP contribution < -0.4 is 12.3 Å². The van der Waals surface area contributed by atoms with Crippen molar-refractivity contribution in [2.75, 3.05) is 39.3 Å². The zero-order valence-corrected chi connectivity index (χ0v) is 13.4. The summed E-state index contributed by atoms with van der Waals surface area (Å²) in [7, 11) is 0. The van der Waals surface area contributed by atoms with Crippen LogP contribution in [0, 0.1) is 0 Å². The Labute approximate surface area is 142 Å². The molecule has 0 heterocycles. The van der Waals surface area contributed by atoms with Gasteiger partial charge in [0.1, 0.15) is 0 Å². The Bertz CT molecular complexity index is 327. The topological polar surface area (TPSA) is 226 Å². The van der Waals surface area contributed by atoms with Crippen LogP contribution in [-0.4, -0.2) is 93.4 Å². The Morgan fingerprint density at radius 2 is 0.739 bits per heavy atom. The van der Waals surface area contributed by atoms with E-state index in [4.69, 9.17) is 20.4 Å². The van der Waals surface area contributed by atoms with E-state index >= 15 is 0 Å². The van der Waals surface area contributed by atoms with Crippen molar-refractivity contribution in [2.45, 2.75) is 0 Å². The average molecular weight is 382 g/mol. The zero-order valence-electron chi connectivity index (χ0n) is 12.3. The van der Waals surface area contributed by atoms with Crippen molar-refractivity contribution in [2.24, 2.45) is 0 Å². The van der Waals surface area contributed by atoms with Gasteiger partial charge in [-0.1, -0.05) is 0 Å². The molecule has 0 atom stereocenters. The third-order valence-electron chi connectivity index (χ3n) is 2.17. The summed E-state index contributed by atoms with van der Waals surface area (Å²) in [5.74, 6) is -4.91. The van der Waals surface area contributed by atoms with E-state index in [1.165, 1.54) is 0 Å². The molecule has 0 aliphatic carbocycles. The number of carbonyl (C=O) groups is 4. The summed E-state index contributed by atoms with van der Waals surface area (Å²) in [5, 5.41) is 34.5. The van der Waals surface area contributed by atoms with Gasteiger partial charge < -0.3 is 32.7 Å². The van der Waals surface area contributed by atoms with E-state index in [1.807, 2.05) is 0 Å². The normalized spacial score (nSPS) is 9.30. The van der Waals surface area contributed by atoms with E-state index in [1.54, 1.807) is 0 Å². The second-order valence-corrected chi connectivity index (χ2v) is 4.00. The van der Waals surface area contributed by atoms with Gasteiger partial charge in [0, 0.05) is 30.2 Å². The van der Waals surface area contributed by atoms with Crippen molar-refractivity contribution in [1.29, 1.82) is 0 Å². The summed E-state index contributed by atoms with van der Waals surface area (Å²) in [5.41, 5.74) is 0. The summed E-state index contributed by atoms with van der Waals surface area (Å²) in [6.07, 6.45) is 0. The molecule has 12 nitrogen and oxygen atoms in total. The molecule has 0 saturated carbocycles. The van der Waals surface area contributed by atoms with Crippen molar-refractivity contribution >= 4 is 23.9 Å². The molecule has 138 valence electrons. The second-order valence-electron chi connectivity index (χ2n) is 4.00. The zero-order chi connectivity index (χ0) is 15.7. The molecule has 0 unspecified atom stereocenters. The molecule has 0 aromatic rings. The van der Waals surface area contributed by atoms with Gasteiger partial charge in [0.05, 0.1) is 26.2 Å². The van der Waals surface area contributed by atoms with E-state index in [9.17, 15) is 19.2 Å². The Balaban J connectivity index is -0.000000602. The first-order valence-electron chi connectivity index (χ1n) is 5.52. The van der Waals surface area contributed by atoms with Crippen LogP contribution in [-0.2, 0) is 36.2 Å². The van der Waals surface area contributed by atoms with E-state index < -0.39 is 50.1 Å². The van der Waals surface area contributed by atoms with Crippen LogP contribution in [0.3, 0.4) is 0 Å². The van der Waals surface area contributed by atoms with Gasteiger partial charge in [-0.2, -0.15) is 0 Å². The minimum Gasteiger partial charge on any atom is -0.480 e. The molecule has 0 saturated heterocycles. The Morgan fingerprint density at radius 3 is 0.870 bits per heavy atom. The van der Waals surface area contributed by atoms with Crippen molar-refractivity contribution < 1.29 is 56.7 Å². The molecule has 13 heteroatoms. The number of carboxylic acid groups (broad SMARTS) is 4. The first kappa shape index (κ1) is 29.3. The maximum Gasteiger partial charge on any atom is 0.317 e. The number of rotatable bonds is 11. The molecule has 23 heavy (non-hydrogen) atoms. The summed E-state index contributed by atoms with van der Waals surface area (Å²) in [4.78, 5) is 44.4. The molecule has 0 amide bonds. The molecule has 0 fully saturated rings. The van der Waals surface area contributed by atoms with Crippen molar-refractivity contribution in [3.63, 3.8) is 0 Å². The molecule has 0 aliphatic heterocycles. The van der Waals surface area contributed by atoms with Gasteiger partial charge >= 0.3 is 23.9 Å². The molecule has 0 aliphatic rings. The van der Waals surface area contributed by atoms with E-state index in [-0.39, 0.29) is 42.5 Å². The summed E-state index contributed by atoms with van der Waals surface area (Å²) < 4.78 is 0. The second kappa shape index (κ2) is 15.1. The van der Waals surface area contributed by atoms with Gasteiger partial charge in [0.2, 0.25) is 0 Å². The first-order chi connectivity index (χ1) is 9.20. The molecule has 10 N–H and O–H groups in total. The predicted molar refractivity (Wildman–Crippen MR) is 73.5 cm³/mol. The minimum atomic E-state index is -1.23. The molecule has 0 spiro atoms. The van der Waals surface area contributed by atoms with Gasteiger partial charge in [-0.3, -0.25) is 29.0 Å². The quantitative estimate of drug-likeness (QED) is 0.219. The number of hydrogen-bond donors (Lipinski definition) is 6. The molecule has 0 aromatic carbocycles. The van der Waals surface area contributed by atoms with E-state index in [0.717, 1.165) is 9.80 Å². The molecular formula is C10H22FeN4O8.